The quantitative estimate of drug-likeness (QED) is 0.557. The molecule has 1 heterocycles. The minimum atomic E-state index is 0.198. The maximum Gasteiger partial charge on any atom is 0.191 e. The monoisotopic (exact) mass is 376 g/mol. The number of benzene rings is 1. The molecule has 0 spiro atoms. The van der Waals surface area contributed by atoms with Gasteiger partial charge in [0, 0.05) is 32.7 Å². The molecule has 1 aliphatic heterocycles. The minimum absolute atomic E-state index is 0.198. The van der Waals surface area contributed by atoms with Gasteiger partial charge in [-0.1, -0.05) is 13.0 Å². The van der Waals surface area contributed by atoms with Crippen LogP contribution >= 0.6 is 0 Å². The molecule has 1 saturated carbocycles. The molecule has 0 amide bonds. The van der Waals surface area contributed by atoms with Crippen LogP contribution in [0.4, 0.5) is 0 Å². The Balaban J connectivity index is 1.74. The number of ether oxygens (including phenoxy) is 3. The highest BCUT2D eigenvalue weighted by molar-refractivity contribution is 5.80. The second-order valence-corrected chi connectivity index (χ2v) is 7.20. The molecule has 7 heteroatoms. The zero-order valence-electron chi connectivity index (χ0n) is 16.8. The largest absolute Gasteiger partial charge is 0.493 e. The first-order valence-electron chi connectivity index (χ1n) is 9.67. The van der Waals surface area contributed by atoms with Crippen LogP contribution in [0.5, 0.6) is 11.5 Å². The Morgan fingerprint density at radius 1 is 1.26 bits per heavy atom. The standard InChI is InChI=1S/C20H32N4O3/c1-14-11-16(14)23-20(21-2)22-13-17(24-7-9-27-10-8-24)15-5-6-18(25-3)19(12-15)26-4/h5-6,12,14,16-17H,7-11,13H2,1-4H3,(H2,21,22,23). The number of morpholine rings is 1. The molecule has 7 nitrogen and oxygen atoms in total. The predicted octanol–water partition coefficient (Wildman–Crippen LogP) is 1.65. The number of aliphatic imine (C=N–C) groups is 1. The van der Waals surface area contributed by atoms with Crippen LogP contribution in [0.25, 0.3) is 0 Å². The summed E-state index contributed by atoms with van der Waals surface area (Å²) in [6.45, 7) is 6.35. The van der Waals surface area contributed by atoms with Crippen molar-refractivity contribution in [3.05, 3.63) is 23.8 Å². The number of guanidine groups is 1. The van der Waals surface area contributed by atoms with Gasteiger partial charge in [0.15, 0.2) is 17.5 Å². The van der Waals surface area contributed by atoms with Crippen LogP contribution < -0.4 is 20.1 Å². The molecule has 2 N–H and O–H groups in total. The molecule has 1 aromatic carbocycles. The van der Waals surface area contributed by atoms with E-state index in [1.807, 2.05) is 13.1 Å². The lowest BCUT2D eigenvalue weighted by Crippen LogP contribution is -2.46. The first-order valence-corrected chi connectivity index (χ1v) is 9.67. The molecule has 0 radical (unpaired) electrons. The molecule has 1 aromatic rings. The van der Waals surface area contributed by atoms with Crippen molar-refractivity contribution in [1.82, 2.24) is 15.5 Å². The zero-order chi connectivity index (χ0) is 19.2. The maximum atomic E-state index is 5.54. The zero-order valence-corrected chi connectivity index (χ0v) is 16.8. The van der Waals surface area contributed by atoms with Gasteiger partial charge in [0.05, 0.1) is 33.5 Å². The fourth-order valence-electron chi connectivity index (χ4n) is 3.49. The van der Waals surface area contributed by atoms with Crippen molar-refractivity contribution < 1.29 is 14.2 Å². The number of hydrogen-bond acceptors (Lipinski definition) is 5. The van der Waals surface area contributed by atoms with Gasteiger partial charge in [-0.2, -0.15) is 0 Å². The topological polar surface area (TPSA) is 67.4 Å². The lowest BCUT2D eigenvalue weighted by atomic mass is 10.0. The molecule has 3 atom stereocenters. The maximum absolute atomic E-state index is 5.54. The molecule has 27 heavy (non-hydrogen) atoms. The molecule has 0 bridgehead atoms. The van der Waals surface area contributed by atoms with E-state index in [4.69, 9.17) is 14.2 Å². The summed E-state index contributed by atoms with van der Waals surface area (Å²) in [6, 6.07) is 6.89. The van der Waals surface area contributed by atoms with Crippen LogP contribution in [0.2, 0.25) is 0 Å². The van der Waals surface area contributed by atoms with E-state index in [0.29, 0.717) is 6.04 Å². The molecule has 0 aromatic heterocycles. The molecule has 1 saturated heterocycles. The summed E-state index contributed by atoms with van der Waals surface area (Å²) < 4.78 is 16.4. The van der Waals surface area contributed by atoms with Gasteiger partial charge in [0.25, 0.3) is 0 Å². The summed E-state index contributed by atoms with van der Waals surface area (Å²) in [4.78, 5) is 6.83. The van der Waals surface area contributed by atoms with Crippen molar-refractivity contribution >= 4 is 5.96 Å². The Morgan fingerprint density at radius 2 is 1.96 bits per heavy atom. The number of rotatable bonds is 7. The lowest BCUT2D eigenvalue weighted by Gasteiger charge is -2.35. The SMILES string of the molecule is CN=C(NCC(c1ccc(OC)c(OC)c1)N1CCOCC1)NC1CC1C. The molecule has 1 aliphatic carbocycles. The average Bonchev–Trinajstić information content (AvgIpc) is 3.42. The molecule has 2 aliphatic rings. The second-order valence-electron chi connectivity index (χ2n) is 7.20. The number of nitrogens with one attached hydrogen (secondary N) is 2. The number of methoxy groups -OCH3 is 2. The Hall–Kier alpha value is -1.99. The first-order chi connectivity index (χ1) is 13.2. The van der Waals surface area contributed by atoms with Crippen molar-refractivity contribution in [3.63, 3.8) is 0 Å². The molecule has 3 unspecified atom stereocenters. The summed E-state index contributed by atoms with van der Waals surface area (Å²) in [7, 11) is 5.15. The van der Waals surface area contributed by atoms with Crippen molar-refractivity contribution in [2.24, 2.45) is 10.9 Å². The van der Waals surface area contributed by atoms with Crippen LogP contribution in [0.1, 0.15) is 24.9 Å². The van der Waals surface area contributed by atoms with Crippen LogP contribution in [0.3, 0.4) is 0 Å². The Morgan fingerprint density at radius 3 is 2.56 bits per heavy atom. The fraction of sp³-hybridized carbons (Fsp3) is 0.650. The first kappa shape index (κ1) is 19.8. The second kappa shape index (κ2) is 9.28. The molecule has 150 valence electrons. The van der Waals surface area contributed by atoms with Crippen LogP contribution in [0.15, 0.2) is 23.2 Å². The van der Waals surface area contributed by atoms with E-state index < -0.39 is 0 Å². The van der Waals surface area contributed by atoms with Crippen molar-refractivity contribution in [3.8, 4) is 11.5 Å². The third-order valence-corrected chi connectivity index (χ3v) is 5.40. The minimum Gasteiger partial charge on any atom is -0.493 e. The van der Waals surface area contributed by atoms with E-state index >= 15 is 0 Å². The van der Waals surface area contributed by atoms with Crippen molar-refractivity contribution in [2.45, 2.75) is 25.4 Å². The predicted molar refractivity (Wildman–Crippen MR) is 107 cm³/mol. The van der Waals surface area contributed by atoms with E-state index in [0.717, 1.165) is 56.2 Å². The summed E-state index contributed by atoms with van der Waals surface area (Å²) in [5.74, 6) is 3.09. The summed E-state index contributed by atoms with van der Waals surface area (Å²) >= 11 is 0. The highest BCUT2D eigenvalue weighted by atomic mass is 16.5. The highest BCUT2D eigenvalue weighted by Gasteiger charge is 2.33. The van der Waals surface area contributed by atoms with Crippen LogP contribution in [-0.2, 0) is 4.74 Å². The van der Waals surface area contributed by atoms with Gasteiger partial charge in [0.2, 0.25) is 0 Å². The number of nitrogens with zero attached hydrogens (tertiary/aromatic N) is 2. The van der Waals surface area contributed by atoms with Gasteiger partial charge in [-0.05, 0) is 30.0 Å². The highest BCUT2D eigenvalue weighted by Crippen LogP contribution is 2.32. The lowest BCUT2D eigenvalue weighted by molar-refractivity contribution is 0.0169. The Bertz CT molecular complexity index is 646. The summed E-state index contributed by atoms with van der Waals surface area (Å²) in [5, 5.41) is 7.00. The van der Waals surface area contributed by atoms with Gasteiger partial charge in [0.1, 0.15) is 0 Å². The van der Waals surface area contributed by atoms with Gasteiger partial charge >= 0.3 is 0 Å². The summed E-state index contributed by atoms with van der Waals surface area (Å²) in [5.41, 5.74) is 1.19. The summed E-state index contributed by atoms with van der Waals surface area (Å²) in [6.07, 6.45) is 1.21. The Kier molecular flexibility index (Phi) is 6.79. The van der Waals surface area contributed by atoms with Gasteiger partial charge in [-0.3, -0.25) is 9.89 Å². The van der Waals surface area contributed by atoms with E-state index in [9.17, 15) is 0 Å². The van der Waals surface area contributed by atoms with E-state index in [-0.39, 0.29) is 6.04 Å². The molecular formula is C20H32N4O3. The third kappa shape index (κ3) is 5.05. The average molecular weight is 377 g/mol. The van der Waals surface area contributed by atoms with Crippen molar-refractivity contribution in [1.29, 1.82) is 0 Å². The Labute approximate surface area is 162 Å². The smallest absolute Gasteiger partial charge is 0.191 e. The van der Waals surface area contributed by atoms with Crippen LogP contribution in [0, 0.1) is 5.92 Å². The normalized spacial score (nSPS) is 24.2. The third-order valence-electron chi connectivity index (χ3n) is 5.40. The molecule has 2 fully saturated rings. The molecule has 3 rings (SSSR count). The fourth-order valence-corrected chi connectivity index (χ4v) is 3.49. The van der Waals surface area contributed by atoms with Gasteiger partial charge < -0.3 is 24.8 Å². The van der Waals surface area contributed by atoms with E-state index in [1.165, 1.54) is 12.0 Å². The molecular weight excluding hydrogens is 344 g/mol. The van der Waals surface area contributed by atoms with Crippen LogP contribution in [-0.4, -0.2) is 71.0 Å². The van der Waals surface area contributed by atoms with E-state index in [1.54, 1.807) is 14.2 Å². The van der Waals surface area contributed by atoms with Gasteiger partial charge in [-0.15, -0.1) is 0 Å². The van der Waals surface area contributed by atoms with E-state index in [2.05, 4.69) is 39.6 Å². The number of hydrogen-bond donors (Lipinski definition) is 2. The van der Waals surface area contributed by atoms with Crippen molar-refractivity contribution in [2.75, 3.05) is 54.1 Å². The van der Waals surface area contributed by atoms with Gasteiger partial charge in [-0.25, -0.2) is 0 Å².